The summed E-state index contributed by atoms with van der Waals surface area (Å²) in [4.78, 5) is 0. The molecular weight excluding hydrogens is 257 g/mol. The van der Waals surface area contributed by atoms with E-state index in [1.54, 1.807) is 6.07 Å². The molecule has 20 heavy (non-hydrogen) atoms. The van der Waals surface area contributed by atoms with Crippen molar-refractivity contribution < 1.29 is 14.2 Å². The van der Waals surface area contributed by atoms with Gasteiger partial charge in [-0.3, -0.25) is 0 Å². The minimum absolute atomic E-state index is 0.0138. The van der Waals surface area contributed by atoms with E-state index in [1.807, 2.05) is 31.2 Å². The lowest BCUT2D eigenvalue weighted by molar-refractivity contribution is 0.281. The van der Waals surface area contributed by atoms with Gasteiger partial charge in [0.25, 0.3) is 0 Å². The highest BCUT2D eigenvalue weighted by molar-refractivity contribution is 5.36. The Morgan fingerprint density at radius 1 is 1.15 bits per heavy atom. The molecule has 2 rings (SSSR count). The lowest BCUT2D eigenvalue weighted by Gasteiger charge is -2.14. The summed E-state index contributed by atoms with van der Waals surface area (Å²) in [5, 5.41) is 8.98. The van der Waals surface area contributed by atoms with Crippen LogP contribution in [0.3, 0.4) is 0 Å². The number of hydrogen-bond donors (Lipinski definition) is 2. The first-order valence-electron chi connectivity index (χ1n) is 6.46. The Morgan fingerprint density at radius 2 is 1.80 bits per heavy atom. The first-order valence-corrected chi connectivity index (χ1v) is 6.46. The van der Waals surface area contributed by atoms with E-state index in [-0.39, 0.29) is 18.5 Å². The van der Waals surface area contributed by atoms with Gasteiger partial charge in [-0.25, -0.2) is 4.39 Å². The third kappa shape index (κ3) is 3.56. The largest absolute Gasteiger partial charge is 0.488 e. The molecule has 0 aromatic heterocycles. The number of nitrogens with two attached hydrogens (primary N) is 1. The summed E-state index contributed by atoms with van der Waals surface area (Å²) in [6.07, 6.45) is 0. The second-order valence-electron chi connectivity index (χ2n) is 4.73. The van der Waals surface area contributed by atoms with E-state index in [0.29, 0.717) is 12.4 Å². The van der Waals surface area contributed by atoms with Crippen LogP contribution in [0.5, 0.6) is 5.75 Å². The van der Waals surface area contributed by atoms with Gasteiger partial charge in [0.1, 0.15) is 18.2 Å². The maximum Gasteiger partial charge on any atom is 0.127 e. The van der Waals surface area contributed by atoms with E-state index in [0.717, 1.165) is 16.7 Å². The SMILES string of the molecule is C[C@@H](N)c1ccc(F)cc1OCc1ccc(CO)cc1. The maximum absolute atomic E-state index is 13.3. The third-order valence-corrected chi connectivity index (χ3v) is 3.07. The number of rotatable bonds is 5. The van der Waals surface area contributed by atoms with Crippen LogP contribution in [0.4, 0.5) is 4.39 Å². The number of hydrogen-bond acceptors (Lipinski definition) is 3. The second-order valence-corrected chi connectivity index (χ2v) is 4.73. The molecule has 0 aliphatic rings. The van der Waals surface area contributed by atoms with Crippen LogP contribution in [-0.4, -0.2) is 5.11 Å². The van der Waals surface area contributed by atoms with Crippen molar-refractivity contribution in [1.29, 1.82) is 0 Å². The van der Waals surface area contributed by atoms with Crippen molar-refractivity contribution >= 4 is 0 Å². The molecular formula is C16H18FNO2. The highest BCUT2D eigenvalue weighted by Crippen LogP contribution is 2.25. The summed E-state index contributed by atoms with van der Waals surface area (Å²) < 4.78 is 18.9. The highest BCUT2D eigenvalue weighted by atomic mass is 19.1. The average molecular weight is 275 g/mol. The molecule has 2 aromatic carbocycles. The molecule has 3 N–H and O–H groups in total. The maximum atomic E-state index is 13.3. The molecule has 0 amide bonds. The molecule has 3 nitrogen and oxygen atoms in total. The predicted octanol–water partition coefficient (Wildman–Crippen LogP) is 2.92. The van der Waals surface area contributed by atoms with Crippen LogP contribution in [0, 0.1) is 5.82 Å². The lowest BCUT2D eigenvalue weighted by atomic mass is 10.1. The summed E-state index contributed by atoms with van der Waals surface area (Å²) in [6, 6.07) is 11.6. The summed E-state index contributed by atoms with van der Waals surface area (Å²) in [5.41, 5.74) is 8.41. The van der Waals surface area contributed by atoms with Gasteiger partial charge in [-0.15, -0.1) is 0 Å². The van der Waals surface area contributed by atoms with E-state index in [9.17, 15) is 4.39 Å². The highest BCUT2D eigenvalue weighted by Gasteiger charge is 2.09. The molecule has 0 bridgehead atoms. The van der Waals surface area contributed by atoms with Gasteiger partial charge in [-0.2, -0.15) is 0 Å². The van der Waals surface area contributed by atoms with Crippen LogP contribution in [-0.2, 0) is 13.2 Å². The Morgan fingerprint density at radius 3 is 2.40 bits per heavy atom. The zero-order valence-corrected chi connectivity index (χ0v) is 11.3. The monoisotopic (exact) mass is 275 g/mol. The van der Waals surface area contributed by atoms with Crippen molar-refractivity contribution in [2.45, 2.75) is 26.2 Å². The predicted molar refractivity (Wildman–Crippen MR) is 75.7 cm³/mol. The molecule has 0 spiro atoms. The van der Waals surface area contributed by atoms with Crippen molar-refractivity contribution in [3.8, 4) is 5.75 Å². The van der Waals surface area contributed by atoms with Gasteiger partial charge in [-0.05, 0) is 24.1 Å². The Kier molecular flexibility index (Phi) is 4.71. The van der Waals surface area contributed by atoms with E-state index >= 15 is 0 Å². The molecule has 0 radical (unpaired) electrons. The molecule has 0 saturated heterocycles. The van der Waals surface area contributed by atoms with Gasteiger partial charge >= 0.3 is 0 Å². The summed E-state index contributed by atoms with van der Waals surface area (Å²) in [6.45, 7) is 2.17. The Labute approximate surface area is 117 Å². The molecule has 0 aliphatic heterocycles. The van der Waals surface area contributed by atoms with Gasteiger partial charge in [0.2, 0.25) is 0 Å². The minimum Gasteiger partial charge on any atom is -0.488 e. The first-order chi connectivity index (χ1) is 9.60. The molecule has 4 heteroatoms. The van der Waals surface area contributed by atoms with Crippen LogP contribution in [0.15, 0.2) is 42.5 Å². The molecule has 0 heterocycles. The zero-order chi connectivity index (χ0) is 14.5. The quantitative estimate of drug-likeness (QED) is 0.882. The molecule has 0 fully saturated rings. The molecule has 0 unspecified atom stereocenters. The number of ether oxygens (including phenoxy) is 1. The molecule has 1 atom stereocenters. The fraction of sp³-hybridized carbons (Fsp3) is 0.250. The average Bonchev–Trinajstić information content (AvgIpc) is 2.45. The minimum atomic E-state index is -0.347. The smallest absolute Gasteiger partial charge is 0.127 e. The first kappa shape index (κ1) is 14.5. The summed E-state index contributed by atoms with van der Waals surface area (Å²) >= 11 is 0. The summed E-state index contributed by atoms with van der Waals surface area (Å²) in [7, 11) is 0. The van der Waals surface area contributed by atoms with Gasteiger partial charge in [-0.1, -0.05) is 30.3 Å². The Bertz CT molecular complexity index is 567. The van der Waals surface area contributed by atoms with Crippen LogP contribution in [0.25, 0.3) is 0 Å². The molecule has 0 aliphatic carbocycles. The van der Waals surface area contributed by atoms with Crippen molar-refractivity contribution in [3.63, 3.8) is 0 Å². The van der Waals surface area contributed by atoms with Crippen molar-refractivity contribution in [2.24, 2.45) is 5.73 Å². The molecule has 0 saturated carbocycles. The lowest BCUT2D eigenvalue weighted by Crippen LogP contribution is -2.08. The number of aliphatic hydroxyl groups is 1. The van der Waals surface area contributed by atoms with E-state index < -0.39 is 0 Å². The number of halogens is 1. The van der Waals surface area contributed by atoms with E-state index in [4.69, 9.17) is 15.6 Å². The normalized spacial score (nSPS) is 12.2. The van der Waals surface area contributed by atoms with E-state index in [1.165, 1.54) is 12.1 Å². The van der Waals surface area contributed by atoms with Crippen LogP contribution >= 0.6 is 0 Å². The summed E-state index contributed by atoms with van der Waals surface area (Å²) in [5.74, 6) is 0.117. The van der Waals surface area contributed by atoms with Crippen molar-refractivity contribution in [1.82, 2.24) is 0 Å². The Hall–Kier alpha value is -1.91. The van der Waals surface area contributed by atoms with Gasteiger partial charge < -0.3 is 15.6 Å². The van der Waals surface area contributed by atoms with Crippen LogP contribution in [0.2, 0.25) is 0 Å². The van der Waals surface area contributed by atoms with E-state index in [2.05, 4.69) is 0 Å². The number of aliphatic hydroxyl groups excluding tert-OH is 1. The van der Waals surface area contributed by atoms with Gasteiger partial charge in [0.05, 0.1) is 6.61 Å². The van der Waals surface area contributed by atoms with Gasteiger partial charge in [0, 0.05) is 17.7 Å². The van der Waals surface area contributed by atoms with Gasteiger partial charge in [0.15, 0.2) is 0 Å². The van der Waals surface area contributed by atoms with Crippen LogP contribution < -0.4 is 10.5 Å². The standard InChI is InChI=1S/C16H18FNO2/c1-11(18)15-7-6-14(17)8-16(15)20-10-13-4-2-12(9-19)3-5-13/h2-8,11,19H,9-10,18H2,1H3/t11-/m1/s1. The zero-order valence-electron chi connectivity index (χ0n) is 11.3. The molecule has 106 valence electrons. The topological polar surface area (TPSA) is 55.5 Å². The van der Waals surface area contributed by atoms with Crippen molar-refractivity contribution in [2.75, 3.05) is 0 Å². The second kappa shape index (κ2) is 6.50. The van der Waals surface area contributed by atoms with Crippen LogP contribution in [0.1, 0.15) is 29.7 Å². The molecule has 2 aromatic rings. The third-order valence-electron chi connectivity index (χ3n) is 3.07. The Balaban J connectivity index is 2.11. The fourth-order valence-electron chi connectivity index (χ4n) is 1.91. The number of benzene rings is 2. The van der Waals surface area contributed by atoms with Crippen molar-refractivity contribution in [3.05, 3.63) is 65.0 Å². The fourth-order valence-corrected chi connectivity index (χ4v) is 1.91.